The Morgan fingerprint density at radius 2 is 1.79 bits per heavy atom. The number of hydrogen-bond acceptors (Lipinski definition) is 3. The van der Waals surface area contributed by atoms with Crippen LogP contribution in [0.5, 0.6) is 0 Å². The molecule has 0 aliphatic rings. The Balaban J connectivity index is 0.00000169. The van der Waals surface area contributed by atoms with Crippen molar-refractivity contribution in [1.29, 1.82) is 0 Å². The maximum Gasteiger partial charge on any atom is 0.0206 e. The van der Waals surface area contributed by atoms with Gasteiger partial charge in [0.15, 0.2) is 0 Å². The monoisotopic (exact) mass is 195 g/mol. The maximum atomic E-state index is 3.39. The third-order valence-electron chi connectivity index (χ3n) is 1.91. The van der Waals surface area contributed by atoms with E-state index in [4.69, 9.17) is 0 Å². The van der Waals surface area contributed by atoms with E-state index < -0.39 is 0 Å². The van der Waals surface area contributed by atoms with Crippen LogP contribution in [0.4, 0.5) is 0 Å². The molecule has 0 bridgehead atoms. The molecular formula is C11H21N3. The highest BCUT2D eigenvalue weighted by Gasteiger charge is 1.91. The van der Waals surface area contributed by atoms with E-state index in [-0.39, 0.29) is 6.15 Å². The zero-order chi connectivity index (χ0) is 9.52. The van der Waals surface area contributed by atoms with Crippen LogP contribution >= 0.6 is 0 Å². The second-order valence-electron chi connectivity index (χ2n) is 3.47. The van der Waals surface area contributed by atoms with Crippen LogP contribution in [0.1, 0.15) is 5.56 Å². The normalized spacial score (nSPS) is 9.93. The van der Waals surface area contributed by atoms with Crippen molar-refractivity contribution >= 4 is 0 Å². The molecule has 0 aliphatic carbocycles. The lowest BCUT2D eigenvalue weighted by molar-refractivity contribution is 0.400. The molecule has 0 spiro atoms. The molecule has 0 fully saturated rings. The van der Waals surface area contributed by atoms with Gasteiger partial charge in [0.05, 0.1) is 0 Å². The van der Waals surface area contributed by atoms with Crippen molar-refractivity contribution in [2.45, 2.75) is 6.54 Å². The molecule has 3 nitrogen and oxygen atoms in total. The molecule has 80 valence electrons. The lowest BCUT2D eigenvalue weighted by Crippen LogP contribution is -2.26. The van der Waals surface area contributed by atoms with Gasteiger partial charge in [0.25, 0.3) is 0 Å². The smallest absolute Gasteiger partial charge is 0.0206 e. The lowest BCUT2D eigenvalue weighted by atomic mass is 10.2. The first kappa shape index (κ1) is 13.1. The van der Waals surface area contributed by atoms with Crippen LogP contribution in [-0.2, 0) is 6.54 Å². The molecule has 0 aliphatic heterocycles. The summed E-state index contributed by atoms with van der Waals surface area (Å²) in [5.74, 6) is 0. The van der Waals surface area contributed by atoms with Crippen LogP contribution in [0.15, 0.2) is 30.3 Å². The first-order chi connectivity index (χ1) is 6.29. The van der Waals surface area contributed by atoms with Gasteiger partial charge in [-0.25, -0.2) is 0 Å². The fourth-order valence-corrected chi connectivity index (χ4v) is 1.13. The van der Waals surface area contributed by atoms with Crippen LogP contribution in [0, 0.1) is 0 Å². The van der Waals surface area contributed by atoms with Gasteiger partial charge in [-0.1, -0.05) is 30.3 Å². The van der Waals surface area contributed by atoms with Crippen molar-refractivity contribution in [3.8, 4) is 0 Å². The average Bonchev–Trinajstić information content (AvgIpc) is 2.14. The van der Waals surface area contributed by atoms with Gasteiger partial charge >= 0.3 is 0 Å². The Morgan fingerprint density at radius 3 is 2.36 bits per heavy atom. The molecule has 0 atom stereocenters. The third-order valence-corrected chi connectivity index (χ3v) is 1.91. The number of hydrogen-bond donors (Lipinski definition) is 2. The summed E-state index contributed by atoms with van der Waals surface area (Å²) in [4.78, 5) is 2.18. The van der Waals surface area contributed by atoms with Gasteiger partial charge in [0.1, 0.15) is 0 Å². The Morgan fingerprint density at radius 1 is 1.14 bits per heavy atom. The van der Waals surface area contributed by atoms with E-state index in [1.54, 1.807) is 0 Å². The molecule has 3 heteroatoms. The highest BCUT2D eigenvalue weighted by molar-refractivity contribution is 5.14. The Hall–Kier alpha value is -0.900. The molecule has 0 heterocycles. The topological polar surface area (TPSA) is 50.3 Å². The summed E-state index contributed by atoms with van der Waals surface area (Å²) in [6.07, 6.45) is 0. The van der Waals surface area contributed by atoms with Crippen LogP contribution in [-0.4, -0.2) is 32.1 Å². The van der Waals surface area contributed by atoms with E-state index in [2.05, 4.69) is 48.6 Å². The van der Waals surface area contributed by atoms with Gasteiger partial charge in [0, 0.05) is 19.6 Å². The summed E-state index contributed by atoms with van der Waals surface area (Å²) < 4.78 is 0. The average molecular weight is 195 g/mol. The minimum absolute atomic E-state index is 0. The fourth-order valence-electron chi connectivity index (χ4n) is 1.13. The third kappa shape index (κ3) is 5.70. The van der Waals surface area contributed by atoms with Crippen molar-refractivity contribution in [3.63, 3.8) is 0 Å². The van der Waals surface area contributed by atoms with Crippen LogP contribution in [0.25, 0.3) is 0 Å². The van der Waals surface area contributed by atoms with Crippen molar-refractivity contribution in [3.05, 3.63) is 35.9 Å². The predicted octanol–water partition coefficient (Wildman–Crippen LogP) is 1.50. The van der Waals surface area contributed by atoms with Gasteiger partial charge in [0.2, 0.25) is 0 Å². The van der Waals surface area contributed by atoms with Gasteiger partial charge in [-0.2, -0.15) is 0 Å². The molecule has 1 rings (SSSR count). The van der Waals surface area contributed by atoms with E-state index in [1.165, 1.54) is 5.56 Å². The highest BCUT2D eigenvalue weighted by atomic mass is 15.1. The quantitative estimate of drug-likeness (QED) is 0.700. The lowest BCUT2D eigenvalue weighted by Gasteiger charge is -2.10. The van der Waals surface area contributed by atoms with E-state index in [9.17, 15) is 0 Å². The molecule has 0 unspecified atom stereocenters. The molecule has 0 saturated heterocycles. The van der Waals surface area contributed by atoms with Crippen molar-refractivity contribution in [2.75, 3.05) is 27.2 Å². The SMILES string of the molecule is CN(C)CCNCc1ccccc1.N. The molecular weight excluding hydrogens is 174 g/mol. The molecule has 14 heavy (non-hydrogen) atoms. The molecule has 0 amide bonds. The van der Waals surface area contributed by atoms with Crippen molar-refractivity contribution in [2.24, 2.45) is 0 Å². The van der Waals surface area contributed by atoms with Crippen molar-refractivity contribution < 1.29 is 0 Å². The fraction of sp³-hybridized carbons (Fsp3) is 0.455. The maximum absolute atomic E-state index is 3.39. The summed E-state index contributed by atoms with van der Waals surface area (Å²) in [6, 6.07) is 10.5. The molecule has 0 saturated carbocycles. The van der Waals surface area contributed by atoms with Crippen molar-refractivity contribution in [1.82, 2.24) is 16.4 Å². The van der Waals surface area contributed by atoms with Crippen LogP contribution in [0.3, 0.4) is 0 Å². The molecule has 1 aromatic rings. The number of likely N-dealkylation sites (N-methyl/N-ethyl adjacent to an activating group) is 1. The summed E-state index contributed by atoms with van der Waals surface area (Å²) in [7, 11) is 4.17. The molecule has 4 N–H and O–H groups in total. The summed E-state index contributed by atoms with van der Waals surface area (Å²) >= 11 is 0. The second kappa shape index (κ2) is 7.50. The summed E-state index contributed by atoms with van der Waals surface area (Å²) in [5, 5.41) is 3.39. The highest BCUT2D eigenvalue weighted by Crippen LogP contribution is 1.96. The van der Waals surface area contributed by atoms with Gasteiger partial charge in [-0.3, -0.25) is 0 Å². The zero-order valence-corrected chi connectivity index (χ0v) is 9.16. The number of nitrogens with one attached hydrogen (secondary N) is 1. The Labute approximate surface area is 86.7 Å². The van der Waals surface area contributed by atoms with E-state index >= 15 is 0 Å². The minimum atomic E-state index is 0. The predicted molar refractivity (Wildman–Crippen MR) is 61.7 cm³/mol. The summed E-state index contributed by atoms with van der Waals surface area (Å²) in [6.45, 7) is 3.10. The van der Waals surface area contributed by atoms with Crippen LogP contribution < -0.4 is 11.5 Å². The van der Waals surface area contributed by atoms with E-state index in [0.717, 1.165) is 19.6 Å². The first-order valence-electron chi connectivity index (χ1n) is 4.68. The first-order valence-corrected chi connectivity index (χ1v) is 4.68. The van der Waals surface area contributed by atoms with Crippen LogP contribution in [0.2, 0.25) is 0 Å². The molecule has 1 aromatic carbocycles. The molecule has 0 radical (unpaired) electrons. The largest absolute Gasteiger partial charge is 0.344 e. The van der Waals surface area contributed by atoms with E-state index in [0.29, 0.717) is 0 Å². The van der Waals surface area contributed by atoms with Gasteiger partial charge in [-0.15, -0.1) is 0 Å². The number of rotatable bonds is 5. The standard InChI is InChI=1S/C11H18N2.H3N/c1-13(2)9-8-12-10-11-6-4-3-5-7-11;/h3-7,12H,8-10H2,1-2H3;1H3. The van der Waals surface area contributed by atoms with Gasteiger partial charge < -0.3 is 16.4 Å². The number of benzene rings is 1. The summed E-state index contributed by atoms with van der Waals surface area (Å²) in [5.41, 5.74) is 1.35. The van der Waals surface area contributed by atoms with Gasteiger partial charge in [-0.05, 0) is 19.7 Å². The minimum Gasteiger partial charge on any atom is -0.344 e. The second-order valence-corrected chi connectivity index (χ2v) is 3.47. The Kier molecular flexibility index (Phi) is 7.02. The molecule has 0 aromatic heterocycles. The number of nitrogens with zero attached hydrogens (tertiary/aromatic N) is 1. The Bertz CT molecular complexity index is 221. The zero-order valence-electron chi connectivity index (χ0n) is 9.16. The van der Waals surface area contributed by atoms with E-state index in [1.807, 2.05) is 6.07 Å².